The van der Waals surface area contributed by atoms with E-state index in [-0.39, 0.29) is 20.1 Å². The van der Waals surface area contributed by atoms with Gasteiger partial charge in [-0.2, -0.15) is 11.3 Å². The van der Waals surface area contributed by atoms with E-state index < -0.39 is 13.3 Å². The summed E-state index contributed by atoms with van der Waals surface area (Å²) in [4.78, 5) is 9.29. The van der Waals surface area contributed by atoms with Gasteiger partial charge in [-0.1, -0.05) is 85.2 Å². The van der Waals surface area contributed by atoms with Crippen molar-refractivity contribution in [2.45, 2.75) is 49.4 Å². The van der Waals surface area contributed by atoms with Crippen LogP contribution in [0.2, 0.25) is 17.3 Å². The molecule has 3 heterocycles. The van der Waals surface area contributed by atoms with Crippen molar-refractivity contribution in [3.05, 3.63) is 139 Å². The normalized spacial score (nSPS) is 13.2. The summed E-state index contributed by atoms with van der Waals surface area (Å²) in [6.07, 6.45) is 10.7. The third-order valence-electron chi connectivity index (χ3n) is 9.24. The minimum atomic E-state index is -1.72. The van der Waals surface area contributed by atoms with E-state index in [1.807, 2.05) is 48.0 Å². The first-order valence-corrected chi connectivity index (χ1v) is 24.9. The molecule has 3 aromatic heterocycles. The molecule has 8 rings (SSSR count). The van der Waals surface area contributed by atoms with Crippen LogP contribution in [0.3, 0.4) is 0 Å². The van der Waals surface area contributed by atoms with Crippen molar-refractivity contribution in [3.8, 4) is 33.6 Å². The van der Waals surface area contributed by atoms with E-state index in [1.54, 1.807) is 0 Å². The molecule has 1 aliphatic rings. The average Bonchev–Trinajstić information content (AvgIpc) is 3.77. The number of hydrogen-bond donors (Lipinski definition) is 0. The standard InChI is InChI=1S/C29H24NS.C14H16GeN.Ir/c1-2-10-22(11-3-1)23-12-7-15-27-28(23)25-14-6-13-24(29(25)31-27)26-19-21(16-17-30-26)18-20-8-4-5-9-20;1-15(2,3)13-9-10-14(16-11-13)12-7-5-4-6-8-12;/h1-3,6-7,10-12,14-17,19-20H,4-5,8-9,18H2;4-7,9-11H,1-3H3;/q2*-1;. The molecule has 1 aliphatic carbocycles. The smallest absolute Gasteiger partial charge is 0.0245 e. The Morgan fingerprint density at radius 1 is 0.771 bits per heavy atom. The molecule has 0 N–H and O–H groups in total. The van der Waals surface area contributed by atoms with Gasteiger partial charge >= 0.3 is 99.8 Å². The Morgan fingerprint density at radius 3 is 2.31 bits per heavy atom. The quantitative estimate of drug-likeness (QED) is 0.123. The van der Waals surface area contributed by atoms with E-state index in [2.05, 4.69) is 119 Å². The Morgan fingerprint density at radius 2 is 1.58 bits per heavy atom. The molecule has 1 fully saturated rings. The zero-order valence-corrected chi connectivity index (χ0v) is 33.1. The van der Waals surface area contributed by atoms with Crippen molar-refractivity contribution in [2.24, 2.45) is 5.92 Å². The largest absolute Gasteiger partial charge is 0.305 e. The minimum Gasteiger partial charge on any atom is -0.305 e. The second-order valence-corrected chi connectivity index (χ2v) is 25.3. The Balaban J connectivity index is 0.000000201. The molecular weight excluding hydrogens is 841 g/mol. The van der Waals surface area contributed by atoms with Gasteiger partial charge in [0.05, 0.1) is 0 Å². The van der Waals surface area contributed by atoms with Crippen LogP contribution in [0.5, 0.6) is 0 Å². The Kier molecular flexibility index (Phi) is 11.1. The van der Waals surface area contributed by atoms with Gasteiger partial charge in [-0.25, -0.2) is 0 Å². The number of pyridine rings is 2. The minimum absolute atomic E-state index is 0. The van der Waals surface area contributed by atoms with Gasteiger partial charge < -0.3 is 4.98 Å². The summed E-state index contributed by atoms with van der Waals surface area (Å²) in [5, 5.41) is 2.64. The van der Waals surface area contributed by atoms with Gasteiger partial charge in [0.2, 0.25) is 0 Å². The summed E-state index contributed by atoms with van der Waals surface area (Å²) >= 11 is 0.144. The van der Waals surface area contributed by atoms with Crippen LogP contribution in [-0.2, 0) is 26.5 Å². The first-order valence-electron chi connectivity index (χ1n) is 16.7. The van der Waals surface area contributed by atoms with Gasteiger partial charge in [0.15, 0.2) is 0 Å². The average molecular weight is 882 g/mol. The van der Waals surface area contributed by atoms with E-state index in [9.17, 15) is 0 Å². The van der Waals surface area contributed by atoms with Crippen LogP contribution in [-0.4, -0.2) is 23.2 Å². The molecule has 1 radical (unpaired) electrons. The van der Waals surface area contributed by atoms with Gasteiger partial charge in [0.1, 0.15) is 0 Å². The second-order valence-electron chi connectivity index (χ2n) is 13.6. The molecule has 0 amide bonds. The van der Waals surface area contributed by atoms with Crippen molar-refractivity contribution in [2.75, 3.05) is 0 Å². The summed E-state index contributed by atoms with van der Waals surface area (Å²) in [5.74, 6) is 7.98. The third kappa shape index (κ3) is 7.74. The van der Waals surface area contributed by atoms with Gasteiger partial charge in [-0.05, 0) is 51.4 Å². The molecule has 0 unspecified atom stereocenters. The zero-order valence-electron chi connectivity index (χ0n) is 27.8. The van der Waals surface area contributed by atoms with E-state index >= 15 is 0 Å². The number of hydrogen-bond acceptors (Lipinski definition) is 3. The van der Waals surface area contributed by atoms with E-state index in [4.69, 9.17) is 4.98 Å². The fraction of sp³-hybridized carbons (Fsp3) is 0.209. The molecule has 0 atom stereocenters. The molecule has 48 heavy (non-hydrogen) atoms. The second kappa shape index (κ2) is 15.4. The maximum Gasteiger partial charge on any atom is 0.0245 e. The van der Waals surface area contributed by atoms with Crippen LogP contribution in [0.1, 0.15) is 31.2 Å². The summed E-state index contributed by atoms with van der Waals surface area (Å²) in [6, 6.07) is 45.1. The zero-order chi connectivity index (χ0) is 32.2. The van der Waals surface area contributed by atoms with Crippen molar-refractivity contribution in [1.29, 1.82) is 0 Å². The molecule has 0 bridgehead atoms. The maximum absolute atomic E-state index is 4.76. The molecular formula is C43H40GeIrN2S-2. The number of rotatable bonds is 6. The third-order valence-corrected chi connectivity index (χ3v) is 14.7. The van der Waals surface area contributed by atoms with Crippen LogP contribution >= 0.6 is 11.3 Å². The predicted octanol–water partition coefficient (Wildman–Crippen LogP) is 11.4. The summed E-state index contributed by atoms with van der Waals surface area (Å²) in [5.41, 5.74) is 8.23. The SMILES string of the molecule is [CH3][Ge]([CH3])([CH3])[c]1ccc(-c2[c-]cccc2)nc1.[Ir].[c-]1ccc2c(sc3cccc(-c4ccccc4)c32)c1-c1cc(CC2CCCC2)ccn1. The monoisotopic (exact) mass is 883 g/mol. The molecule has 0 aliphatic heterocycles. The van der Waals surface area contributed by atoms with Crippen LogP contribution in [0.15, 0.2) is 122 Å². The molecule has 4 aromatic carbocycles. The van der Waals surface area contributed by atoms with E-state index in [1.165, 1.54) is 73.4 Å². The number of aromatic nitrogens is 2. The fourth-order valence-corrected chi connectivity index (χ4v) is 10.1. The van der Waals surface area contributed by atoms with E-state index in [0.717, 1.165) is 28.4 Å². The molecule has 7 aromatic rings. The number of thiophene rings is 1. The van der Waals surface area contributed by atoms with Gasteiger partial charge in [0, 0.05) is 31.0 Å². The maximum atomic E-state index is 4.76. The van der Waals surface area contributed by atoms with Gasteiger partial charge in [-0.3, -0.25) is 0 Å². The first-order chi connectivity index (χ1) is 22.9. The topological polar surface area (TPSA) is 25.8 Å². The molecule has 2 nitrogen and oxygen atoms in total. The Bertz CT molecular complexity index is 2100. The molecule has 0 saturated heterocycles. The Hall–Kier alpha value is -3.41. The van der Waals surface area contributed by atoms with E-state index in [0.29, 0.717) is 0 Å². The molecule has 0 spiro atoms. The van der Waals surface area contributed by atoms with Crippen molar-refractivity contribution < 1.29 is 20.1 Å². The molecule has 243 valence electrons. The van der Waals surface area contributed by atoms with Crippen LogP contribution in [0, 0.1) is 18.1 Å². The van der Waals surface area contributed by atoms with Gasteiger partial charge in [0.25, 0.3) is 0 Å². The van der Waals surface area contributed by atoms with Crippen LogP contribution in [0.4, 0.5) is 0 Å². The van der Waals surface area contributed by atoms with Crippen LogP contribution < -0.4 is 4.40 Å². The predicted molar refractivity (Wildman–Crippen MR) is 204 cm³/mol. The summed E-state index contributed by atoms with van der Waals surface area (Å²) in [7, 11) is 0. The first kappa shape index (κ1) is 34.5. The van der Waals surface area contributed by atoms with Crippen molar-refractivity contribution in [3.63, 3.8) is 0 Å². The number of fused-ring (bicyclic) bond motifs is 3. The van der Waals surface area contributed by atoms with Crippen molar-refractivity contribution in [1.82, 2.24) is 9.97 Å². The Labute approximate surface area is 305 Å². The van der Waals surface area contributed by atoms with Gasteiger partial charge in [-0.15, -0.1) is 23.8 Å². The van der Waals surface area contributed by atoms with Crippen LogP contribution in [0.25, 0.3) is 53.8 Å². The molecule has 1 saturated carbocycles. The fourth-order valence-electron chi connectivity index (χ4n) is 6.67. The van der Waals surface area contributed by atoms with Crippen molar-refractivity contribution >= 4 is 49.2 Å². The summed E-state index contributed by atoms with van der Waals surface area (Å²) in [6.45, 7) is 0. The molecule has 5 heteroatoms. The number of nitrogens with zero attached hydrogens (tertiary/aromatic N) is 2. The number of benzene rings is 4. The summed E-state index contributed by atoms with van der Waals surface area (Å²) < 4.78 is 4.05.